The first kappa shape index (κ1) is 17.1. The molecule has 0 aliphatic carbocycles. The zero-order chi connectivity index (χ0) is 16.3. The molecule has 1 aliphatic rings. The van der Waals surface area contributed by atoms with E-state index >= 15 is 0 Å². The van der Waals surface area contributed by atoms with Crippen LogP contribution in [0.25, 0.3) is 0 Å². The van der Waals surface area contributed by atoms with E-state index in [2.05, 4.69) is 0 Å². The van der Waals surface area contributed by atoms with Crippen molar-refractivity contribution in [2.75, 3.05) is 6.61 Å². The molecule has 1 aromatic rings. The number of rotatable bonds is 5. The number of aliphatic hydroxyl groups excluding tert-OH is 4. The summed E-state index contributed by atoms with van der Waals surface area (Å²) in [6.07, 6.45) is -5.01. The minimum Gasteiger partial charge on any atom is -0.394 e. The van der Waals surface area contributed by atoms with Gasteiger partial charge in [0.05, 0.1) is 11.5 Å². The summed E-state index contributed by atoms with van der Waals surface area (Å²) < 4.78 is 5.36. The highest BCUT2D eigenvalue weighted by atomic mass is 32.2. The number of hydrogen-bond donors (Lipinski definition) is 4. The molecule has 1 heterocycles. The lowest BCUT2D eigenvalue weighted by Crippen LogP contribution is -2.57. The van der Waals surface area contributed by atoms with Gasteiger partial charge in [0, 0.05) is 17.9 Å². The van der Waals surface area contributed by atoms with Gasteiger partial charge in [0.25, 0.3) is 5.69 Å². The second-order valence-electron chi connectivity index (χ2n) is 4.93. The second kappa shape index (κ2) is 7.36. The normalized spacial score (nSPS) is 31.9. The van der Waals surface area contributed by atoms with E-state index in [1.807, 2.05) is 0 Å². The average Bonchev–Trinajstić information content (AvgIpc) is 2.52. The van der Waals surface area contributed by atoms with Crippen molar-refractivity contribution in [1.29, 1.82) is 0 Å². The highest BCUT2D eigenvalue weighted by Crippen LogP contribution is 2.30. The Bertz CT molecular complexity index is 510. The van der Waals surface area contributed by atoms with E-state index in [4.69, 9.17) is 9.84 Å². The Morgan fingerprint density at radius 2 is 1.77 bits per heavy atom. The van der Waals surface area contributed by atoms with Crippen molar-refractivity contribution in [2.24, 2.45) is 0 Å². The van der Waals surface area contributed by atoms with Gasteiger partial charge in [-0.3, -0.25) is 10.1 Å². The molecule has 0 unspecified atom stereocenters. The standard InChI is InChI=1S/C13H17NO7S/c15-5-9-10(16)11(17)12(18)13(21-9)22-6-7-1-3-8(4-2-7)14(19)20/h1-4,9-13,15-18H,5-6H2/t9-,10+,11+,12+,13+/m1/s1. The lowest BCUT2D eigenvalue weighted by atomic mass is 10.0. The molecule has 0 bridgehead atoms. The largest absolute Gasteiger partial charge is 0.394 e. The van der Waals surface area contributed by atoms with Crippen LogP contribution in [0.15, 0.2) is 24.3 Å². The molecule has 5 atom stereocenters. The predicted octanol–water partition coefficient (Wildman–Crippen LogP) is -0.372. The number of nitro groups is 1. The Kier molecular flexibility index (Phi) is 5.73. The van der Waals surface area contributed by atoms with E-state index in [1.165, 1.54) is 23.9 Å². The fraction of sp³-hybridized carbons (Fsp3) is 0.538. The summed E-state index contributed by atoms with van der Waals surface area (Å²) in [7, 11) is 0. The van der Waals surface area contributed by atoms with Crippen molar-refractivity contribution >= 4 is 17.4 Å². The molecule has 0 radical (unpaired) electrons. The van der Waals surface area contributed by atoms with Crippen molar-refractivity contribution in [1.82, 2.24) is 0 Å². The second-order valence-corrected chi connectivity index (χ2v) is 6.02. The molecule has 9 heteroatoms. The Labute approximate surface area is 130 Å². The summed E-state index contributed by atoms with van der Waals surface area (Å²) in [6.45, 7) is -0.473. The van der Waals surface area contributed by atoms with Crippen LogP contribution in [0.1, 0.15) is 5.56 Å². The van der Waals surface area contributed by atoms with Gasteiger partial charge in [-0.15, -0.1) is 11.8 Å². The monoisotopic (exact) mass is 331 g/mol. The highest BCUT2D eigenvalue weighted by molar-refractivity contribution is 7.99. The zero-order valence-electron chi connectivity index (χ0n) is 11.5. The summed E-state index contributed by atoms with van der Waals surface area (Å²) in [5.41, 5.74) is -0.0418. The van der Waals surface area contributed by atoms with E-state index < -0.39 is 41.4 Å². The molecule has 22 heavy (non-hydrogen) atoms. The van der Waals surface area contributed by atoms with Gasteiger partial charge in [0.2, 0.25) is 0 Å². The summed E-state index contributed by atoms with van der Waals surface area (Å²) >= 11 is 1.17. The molecule has 122 valence electrons. The topological polar surface area (TPSA) is 133 Å². The van der Waals surface area contributed by atoms with Crippen LogP contribution in [0.2, 0.25) is 0 Å². The van der Waals surface area contributed by atoms with Crippen LogP contribution in [0, 0.1) is 10.1 Å². The lowest BCUT2D eigenvalue weighted by Gasteiger charge is -2.39. The molecule has 1 aromatic carbocycles. The Balaban J connectivity index is 1.96. The summed E-state index contributed by atoms with van der Waals surface area (Å²) in [4.78, 5) is 10.1. The molecule has 0 aromatic heterocycles. The fourth-order valence-electron chi connectivity index (χ4n) is 2.10. The van der Waals surface area contributed by atoms with Crippen LogP contribution in [0.5, 0.6) is 0 Å². The molecule has 1 fully saturated rings. The Hall–Kier alpha value is -1.23. The molecule has 0 saturated carbocycles. The summed E-state index contributed by atoms with van der Waals surface area (Å²) in [5.74, 6) is 0.390. The van der Waals surface area contributed by atoms with Gasteiger partial charge >= 0.3 is 0 Å². The first-order valence-corrected chi connectivity index (χ1v) is 7.64. The number of hydrogen-bond acceptors (Lipinski definition) is 8. The van der Waals surface area contributed by atoms with Crippen molar-refractivity contribution in [3.63, 3.8) is 0 Å². The fourth-order valence-corrected chi connectivity index (χ4v) is 3.23. The zero-order valence-corrected chi connectivity index (χ0v) is 12.3. The van der Waals surface area contributed by atoms with E-state index in [0.29, 0.717) is 5.75 Å². The maximum atomic E-state index is 10.6. The Morgan fingerprint density at radius 3 is 2.32 bits per heavy atom. The number of aliphatic hydroxyl groups is 4. The molecule has 1 saturated heterocycles. The van der Waals surface area contributed by atoms with E-state index in [1.54, 1.807) is 12.1 Å². The molecule has 4 N–H and O–H groups in total. The van der Waals surface area contributed by atoms with Crippen LogP contribution in [0.3, 0.4) is 0 Å². The lowest BCUT2D eigenvalue weighted by molar-refractivity contribution is -0.384. The number of benzene rings is 1. The first-order chi connectivity index (χ1) is 10.4. The summed E-state index contributed by atoms with van der Waals surface area (Å²) in [6, 6.07) is 5.94. The van der Waals surface area contributed by atoms with Crippen molar-refractivity contribution in [3.8, 4) is 0 Å². The van der Waals surface area contributed by atoms with Gasteiger partial charge < -0.3 is 25.2 Å². The van der Waals surface area contributed by atoms with Crippen molar-refractivity contribution in [3.05, 3.63) is 39.9 Å². The quantitative estimate of drug-likeness (QED) is 0.424. The Morgan fingerprint density at radius 1 is 1.14 bits per heavy atom. The maximum absolute atomic E-state index is 10.6. The van der Waals surface area contributed by atoms with Gasteiger partial charge in [-0.25, -0.2) is 0 Å². The number of nitrogens with zero attached hydrogens (tertiary/aromatic N) is 1. The SMILES string of the molecule is O=[N+]([O-])c1ccc(CS[C@@H]2O[C@H](CO)[C@H](O)[C@H](O)[C@@H]2O)cc1. The third kappa shape index (κ3) is 3.75. The van der Waals surface area contributed by atoms with Gasteiger partial charge in [0.1, 0.15) is 29.9 Å². The van der Waals surface area contributed by atoms with Gasteiger partial charge in [0.15, 0.2) is 0 Å². The van der Waals surface area contributed by atoms with Crippen molar-refractivity contribution in [2.45, 2.75) is 35.6 Å². The first-order valence-electron chi connectivity index (χ1n) is 6.59. The molecule has 1 aliphatic heterocycles. The molecule has 0 spiro atoms. The molecular formula is C13H17NO7S. The van der Waals surface area contributed by atoms with Crippen LogP contribution in [-0.4, -0.2) is 61.8 Å². The smallest absolute Gasteiger partial charge is 0.269 e. The number of nitro benzene ring substituents is 1. The third-order valence-corrected chi connectivity index (χ3v) is 4.63. The van der Waals surface area contributed by atoms with Gasteiger partial charge in [-0.1, -0.05) is 12.1 Å². The van der Waals surface area contributed by atoms with Crippen LogP contribution in [0.4, 0.5) is 5.69 Å². The molecule has 2 rings (SSSR count). The van der Waals surface area contributed by atoms with Crippen LogP contribution in [-0.2, 0) is 10.5 Å². The van der Waals surface area contributed by atoms with Crippen LogP contribution < -0.4 is 0 Å². The molecular weight excluding hydrogens is 314 g/mol. The van der Waals surface area contributed by atoms with Gasteiger partial charge in [-0.2, -0.15) is 0 Å². The predicted molar refractivity (Wildman–Crippen MR) is 78.2 cm³/mol. The minimum atomic E-state index is -1.40. The molecule has 0 amide bonds. The third-order valence-electron chi connectivity index (χ3n) is 3.41. The summed E-state index contributed by atoms with van der Waals surface area (Å²) in [5, 5.41) is 48.9. The van der Waals surface area contributed by atoms with Crippen molar-refractivity contribution < 1.29 is 30.1 Å². The minimum absolute atomic E-state index is 0.0124. The number of thioether (sulfide) groups is 1. The molecule has 8 nitrogen and oxygen atoms in total. The van der Waals surface area contributed by atoms with Gasteiger partial charge in [-0.05, 0) is 5.56 Å². The maximum Gasteiger partial charge on any atom is 0.269 e. The number of ether oxygens (including phenoxy) is 1. The van der Waals surface area contributed by atoms with E-state index in [0.717, 1.165) is 5.56 Å². The highest BCUT2D eigenvalue weighted by Gasteiger charge is 2.43. The van der Waals surface area contributed by atoms with E-state index in [-0.39, 0.29) is 5.69 Å². The average molecular weight is 331 g/mol. The van der Waals surface area contributed by atoms with Crippen LogP contribution >= 0.6 is 11.8 Å². The number of non-ortho nitro benzene ring substituents is 1. The van der Waals surface area contributed by atoms with E-state index in [9.17, 15) is 25.4 Å².